The van der Waals surface area contributed by atoms with Crippen LogP contribution in [0.25, 0.3) is 22.3 Å². The predicted octanol–water partition coefficient (Wildman–Crippen LogP) is 4.91. The summed E-state index contributed by atoms with van der Waals surface area (Å²) < 4.78 is 14.0. The van der Waals surface area contributed by atoms with Gasteiger partial charge in [-0.05, 0) is 49.2 Å². The number of rotatable bonds is 4. The lowest BCUT2D eigenvalue weighted by Gasteiger charge is -2.34. The van der Waals surface area contributed by atoms with Crippen LogP contribution in [-0.4, -0.2) is 34.1 Å². The maximum absolute atomic E-state index is 14.0. The molecule has 30 heavy (non-hydrogen) atoms. The van der Waals surface area contributed by atoms with Crippen LogP contribution in [0.4, 0.5) is 15.9 Å². The highest BCUT2D eigenvalue weighted by Crippen LogP contribution is 2.30. The smallest absolute Gasteiger partial charge is 0.163 e. The monoisotopic (exact) mass is 399 g/mol. The van der Waals surface area contributed by atoms with Gasteiger partial charge in [-0.15, -0.1) is 0 Å². The van der Waals surface area contributed by atoms with E-state index >= 15 is 0 Å². The number of fused-ring (bicyclic) bond motifs is 1. The van der Waals surface area contributed by atoms with Crippen molar-refractivity contribution in [3.63, 3.8) is 0 Å². The molecule has 1 N–H and O–H groups in total. The van der Waals surface area contributed by atoms with E-state index in [2.05, 4.69) is 21.3 Å². The average molecular weight is 399 g/mol. The molecule has 3 heterocycles. The normalized spacial score (nSPS) is 14.8. The van der Waals surface area contributed by atoms with Crippen molar-refractivity contribution in [2.24, 2.45) is 0 Å². The first-order chi connectivity index (χ1) is 14.8. The van der Waals surface area contributed by atoms with Gasteiger partial charge in [0.25, 0.3) is 0 Å². The lowest BCUT2D eigenvalue weighted by atomic mass is 10.0. The molecular formula is C24H22FN5. The Hall–Kier alpha value is -3.54. The number of hydrogen-bond donors (Lipinski definition) is 1. The van der Waals surface area contributed by atoms with Crippen molar-refractivity contribution >= 4 is 22.4 Å². The van der Waals surface area contributed by atoms with Crippen molar-refractivity contribution in [2.45, 2.75) is 18.9 Å². The highest BCUT2D eigenvalue weighted by molar-refractivity contribution is 5.91. The van der Waals surface area contributed by atoms with Crippen LogP contribution < -0.4 is 10.2 Å². The van der Waals surface area contributed by atoms with Crippen LogP contribution in [0, 0.1) is 5.82 Å². The summed E-state index contributed by atoms with van der Waals surface area (Å²) in [5.74, 6) is 1.43. The summed E-state index contributed by atoms with van der Waals surface area (Å²) in [6.07, 6.45) is 5.36. The second kappa shape index (κ2) is 8.06. The first kappa shape index (κ1) is 18.5. The summed E-state index contributed by atoms with van der Waals surface area (Å²) in [5.41, 5.74) is 2.40. The summed E-state index contributed by atoms with van der Waals surface area (Å²) in [6, 6.07) is 19.1. The molecule has 150 valence electrons. The molecule has 0 bridgehead atoms. The molecule has 0 saturated carbocycles. The molecule has 0 spiro atoms. The molecule has 4 aromatic rings. The molecule has 6 heteroatoms. The molecule has 5 rings (SSSR count). The fourth-order valence-electron chi connectivity index (χ4n) is 3.96. The molecule has 0 atom stereocenters. The summed E-state index contributed by atoms with van der Waals surface area (Å²) >= 11 is 0. The van der Waals surface area contributed by atoms with Crippen LogP contribution >= 0.6 is 0 Å². The zero-order valence-electron chi connectivity index (χ0n) is 16.5. The third kappa shape index (κ3) is 3.68. The molecule has 1 fully saturated rings. The van der Waals surface area contributed by atoms with Crippen molar-refractivity contribution in [1.82, 2.24) is 15.0 Å². The lowest BCUT2D eigenvalue weighted by Crippen LogP contribution is -2.39. The number of para-hydroxylation sites is 2. The topological polar surface area (TPSA) is 53.9 Å². The van der Waals surface area contributed by atoms with Crippen LogP contribution in [0.2, 0.25) is 0 Å². The number of benzene rings is 2. The van der Waals surface area contributed by atoms with E-state index in [0.717, 1.165) is 48.2 Å². The van der Waals surface area contributed by atoms with Gasteiger partial charge in [-0.1, -0.05) is 24.3 Å². The van der Waals surface area contributed by atoms with E-state index in [0.29, 0.717) is 11.5 Å². The molecule has 0 amide bonds. The zero-order valence-corrected chi connectivity index (χ0v) is 16.5. The number of nitrogens with one attached hydrogen (secondary N) is 1. The highest BCUT2D eigenvalue weighted by atomic mass is 19.1. The maximum atomic E-state index is 14.0. The quantitative estimate of drug-likeness (QED) is 0.528. The van der Waals surface area contributed by atoms with Gasteiger partial charge in [-0.2, -0.15) is 0 Å². The number of aromatic nitrogens is 3. The largest absolute Gasteiger partial charge is 0.380 e. The van der Waals surface area contributed by atoms with Crippen molar-refractivity contribution in [3.8, 4) is 11.4 Å². The van der Waals surface area contributed by atoms with Crippen LogP contribution in [0.1, 0.15) is 12.8 Å². The fourth-order valence-corrected chi connectivity index (χ4v) is 3.96. The van der Waals surface area contributed by atoms with Gasteiger partial charge in [0.15, 0.2) is 5.82 Å². The third-order valence-electron chi connectivity index (χ3n) is 5.53. The van der Waals surface area contributed by atoms with Gasteiger partial charge >= 0.3 is 0 Å². The number of piperidine rings is 1. The van der Waals surface area contributed by atoms with Crippen LogP contribution in [-0.2, 0) is 0 Å². The number of anilines is 2. The Labute approximate surface area is 174 Å². The molecule has 5 nitrogen and oxygen atoms in total. The Morgan fingerprint density at radius 2 is 1.70 bits per heavy atom. The van der Waals surface area contributed by atoms with E-state index in [1.165, 1.54) is 6.07 Å². The van der Waals surface area contributed by atoms with Crippen molar-refractivity contribution in [3.05, 3.63) is 78.9 Å². The summed E-state index contributed by atoms with van der Waals surface area (Å²) in [6.45, 7) is 1.69. The van der Waals surface area contributed by atoms with E-state index < -0.39 is 0 Å². The van der Waals surface area contributed by atoms with E-state index in [9.17, 15) is 4.39 Å². The lowest BCUT2D eigenvalue weighted by molar-refractivity contribution is 0.520. The first-order valence-corrected chi connectivity index (χ1v) is 10.2. The first-order valence-electron chi connectivity index (χ1n) is 10.2. The van der Waals surface area contributed by atoms with E-state index in [1.807, 2.05) is 36.4 Å². The SMILES string of the molecule is Fc1ccccc1NC1CCN(c2nc(-c3cccnc3)nc3ccccc23)CC1. The molecule has 1 aliphatic rings. The van der Waals surface area contributed by atoms with Crippen molar-refractivity contribution in [1.29, 1.82) is 0 Å². The minimum Gasteiger partial charge on any atom is -0.380 e. The third-order valence-corrected chi connectivity index (χ3v) is 5.53. The highest BCUT2D eigenvalue weighted by Gasteiger charge is 2.23. The van der Waals surface area contributed by atoms with E-state index in [4.69, 9.17) is 9.97 Å². The van der Waals surface area contributed by atoms with Gasteiger partial charge < -0.3 is 10.2 Å². The Balaban J connectivity index is 1.41. The molecule has 0 unspecified atom stereocenters. The average Bonchev–Trinajstić information content (AvgIpc) is 2.81. The van der Waals surface area contributed by atoms with Crippen molar-refractivity contribution < 1.29 is 4.39 Å². The fraction of sp³-hybridized carbons (Fsp3) is 0.208. The van der Waals surface area contributed by atoms with Gasteiger partial charge in [0, 0.05) is 42.5 Å². The molecule has 1 saturated heterocycles. The minimum absolute atomic E-state index is 0.206. The molecule has 0 radical (unpaired) electrons. The second-order valence-electron chi connectivity index (χ2n) is 7.52. The Morgan fingerprint density at radius 3 is 2.50 bits per heavy atom. The summed E-state index contributed by atoms with van der Waals surface area (Å²) in [5, 5.41) is 4.40. The molecule has 2 aromatic heterocycles. The summed E-state index contributed by atoms with van der Waals surface area (Å²) in [7, 11) is 0. The number of hydrogen-bond acceptors (Lipinski definition) is 5. The molecule has 0 aliphatic carbocycles. The minimum atomic E-state index is -0.206. The predicted molar refractivity (Wildman–Crippen MR) is 118 cm³/mol. The maximum Gasteiger partial charge on any atom is 0.163 e. The van der Waals surface area contributed by atoms with Gasteiger partial charge in [0.2, 0.25) is 0 Å². The van der Waals surface area contributed by atoms with Gasteiger partial charge in [0.05, 0.1) is 11.2 Å². The Morgan fingerprint density at radius 1 is 0.900 bits per heavy atom. The number of nitrogens with zero attached hydrogens (tertiary/aromatic N) is 4. The van der Waals surface area contributed by atoms with Gasteiger partial charge in [-0.3, -0.25) is 4.98 Å². The van der Waals surface area contributed by atoms with Crippen LogP contribution in [0.5, 0.6) is 0 Å². The van der Waals surface area contributed by atoms with Crippen LogP contribution in [0.3, 0.4) is 0 Å². The standard InChI is InChI=1S/C24H22FN5/c25-20-8-2-4-10-22(20)27-18-11-14-30(15-12-18)24-19-7-1-3-9-21(19)28-23(29-24)17-6-5-13-26-16-17/h1-10,13,16,18,27H,11-12,14-15H2. The Kier molecular flexibility index (Phi) is 4.97. The van der Waals surface area contributed by atoms with Gasteiger partial charge in [0.1, 0.15) is 11.6 Å². The number of halogens is 1. The zero-order chi connectivity index (χ0) is 20.3. The molecule has 2 aromatic carbocycles. The van der Waals surface area contributed by atoms with E-state index in [1.54, 1.807) is 24.5 Å². The Bertz CT molecular complexity index is 1160. The van der Waals surface area contributed by atoms with E-state index in [-0.39, 0.29) is 11.9 Å². The molecule has 1 aliphatic heterocycles. The van der Waals surface area contributed by atoms with Gasteiger partial charge in [-0.25, -0.2) is 14.4 Å². The number of pyridine rings is 1. The van der Waals surface area contributed by atoms with Crippen LogP contribution in [0.15, 0.2) is 73.1 Å². The second-order valence-corrected chi connectivity index (χ2v) is 7.52. The van der Waals surface area contributed by atoms with Crippen molar-refractivity contribution in [2.75, 3.05) is 23.3 Å². The molecular weight excluding hydrogens is 377 g/mol. The summed E-state index contributed by atoms with van der Waals surface area (Å²) in [4.78, 5) is 16.2.